The molecule has 0 saturated carbocycles. The van der Waals surface area contributed by atoms with Gasteiger partial charge in [0.25, 0.3) is 0 Å². The molecule has 3 aromatic rings. The molecule has 0 amide bonds. The van der Waals surface area contributed by atoms with Crippen LogP contribution in [0.2, 0.25) is 0 Å². The summed E-state index contributed by atoms with van der Waals surface area (Å²) in [6.45, 7) is 4.57. The summed E-state index contributed by atoms with van der Waals surface area (Å²) >= 11 is 0. The fourth-order valence-electron chi connectivity index (χ4n) is 1.90. The summed E-state index contributed by atoms with van der Waals surface area (Å²) in [5.74, 6) is 0.868. The lowest BCUT2D eigenvalue weighted by Gasteiger charge is -1.99. The molecule has 0 aliphatic carbocycles. The molecular weight excluding hydrogens is 286 g/mol. The number of aryl methyl sites for hydroxylation is 2. The Kier molecular flexibility index (Phi) is 3.73. The average molecular weight is 301 g/mol. The molecule has 1 N–H and O–H groups in total. The third-order valence-corrected chi connectivity index (χ3v) is 3.05. The summed E-state index contributed by atoms with van der Waals surface area (Å²) in [6.07, 6.45) is 1.73. The largest absolute Gasteiger partial charge is 0.460 e. The van der Waals surface area contributed by atoms with E-state index >= 15 is 0 Å². The van der Waals surface area contributed by atoms with Gasteiger partial charge in [0.2, 0.25) is 0 Å². The van der Waals surface area contributed by atoms with Crippen molar-refractivity contribution in [3.63, 3.8) is 0 Å². The summed E-state index contributed by atoms with van der Waals surface area (Å²) in [6, 6.07) is 5.21. The van der Waals surface area contributed by atoms with Gasteiger partial charge in [-0.15, -0.1) is 5.10 Å². The van der Waals surface area contributed by atoms with Crippen LogP contribution in [0.3, 0.4) is 0 Å². The van der Waals surface area contributed by atoms with Crippen LogP contribution in [-0.4, -0.2) is 31.2 Å². The Morgan fingerprint density at radius 2 is 2.32 bits per heavy atom. The van der Waals surface area contributed by atoms with Crippen molar-refractivity contribution in [2.24, 2.45) is 0 Å². The molecule has 0 saturated heterocycles. The van der Waals surface area contributed by atoms with Crippen molar-refractivity contribution in [3.8, 4) is 11.5 Å². The van der Waals surface area contributed by atoms with Gasteiger partial charge in [0.05, 0.1) is 6.20 Å². The number of H-pyrrole nitrogens is 1. The Hall–Kier alpha value is -2.90. The molecule has 0 spiro atoms. The van der Waals surface area contributed by atoms with Crippen LogP contribution < -0.4 is 0 Å². The van der Waals surface area contributed by atoms with Crippen molar-refractivity contribution >= 4 is 5.97 Å². The van der Waals surface area contributed by atoms with Gasteiger partial charge in [-0.05, 0) is 26.0 Å². The lowest BCUT2D eigenvalue weighted by Crippen LogP contribution is -2.06. The van der Waals surface area contributed by atoms with Gasteiger partial charge in [0.15, 0.2) is 5.76 Å². The molecular formula is C14H15N5O3. The molecule has 0 aliphatic heterocycles. The molecule has 8 heteroatoms. The number of nitrogens with one attached hydrogen (secondary N) is 1. The first-order valence-corrected chi connectivity index (χ1v) is 6.84. The second-order valence-corrected chi connectivity index (χ2v) is 4.72. The highest BCUT2D eigenvalue weighted by Gasteiger charge is 2.15. The number of nitrogens with zero attached hydrogens (tertiary/aromatic N) is 4. The lowest BCUT2D eigenvalue weighted by atomic mass is 10.3. The normalized spacial score (nSPS) is 10.8. The molecule has 3 rings (SSSR count). The molecule has 0 fully saturated rings. The number of aromatic nitrogens is 5. The smallest absolute Gasteiger partial charge is 0.356 e. The standard InChI is InChI=1S/C14H15N5O3/c1-3-19-7-10(15-18-19)8-21-14(20)12-6-11(16-17-12)13-5-4-9(2)22-13/h4-7H,3,8H2,1-2H3,(H,16,17). The van der Waals surface area contributed by atoms with Gasteiger partial charge in [0.1, 0.15) is 29.4 Å². The van der Waals surface area contributed by atoms with Crippen molar-refractivity contribution in [2.75, 3.05) is 0 Å². The van der Waals surface area contributed by atoms with Crippen LogP contribution in [0, 0.1) is 6.92 Å². The number of esters is 1. The van der Waals surface area contributed by atoms with Crippen LogP contribution in [-0.2, 0) is 17.9 Å². The summed E-state index contributed by atoms with van der Waals surface area (Å²) in [5, 5.41) is 14.5. The maximum absolute atomic E-state index is 12.0. The van der Waals surface area contributed by atoms with Crippen molar-refractivity contribution in [1.82, 2.24) is 25.2 Å². The Labute approximate surface area is 126 Å². The Balaban J connectivity index is 1.64. The van der Waals surface area contributed by atoms with E-state index in [2.05, 4.69) is 20.5 Å². The third kappa shape index (κ3) is 2.90. The zero-order valence-electron chi connectivity index (χ0n) is 12.2. The van der Waals surface area contributed by atoms with Crippen LogP contribution in [0.15, 0.2) is 28.8 Å². The van der Waals surface area contributed by atoms with E-state index < -0.39 is 5.97 Å². The van der Waals surface area contributed by atoms with E-state index in [1.165, 1.54) is 0 Å². The van der Waals surface area contributed by atoms with E-state index in [9.17, 15) is 4.79 Å². The van der Waals surface area contributed by atoms with Gasteiger partial charge in [-0.1, -0.05) is 5.21 Å². The third-order valence-electron chi connectivity index (χ3n) is 3.05. The number of hydrogen-bond donors (Lipinski definition) is 1. The van der Waals surface area contributed by atoms with Gasteiger partial charge in [-0.25, -0.2) is 4.79 Å². The Morgan fingerprint density at radius 3 is 3.00 bits per heavy atom. The van der Waals surface area contributed by atoms with Crippen molar-refractivity contribution in [3.05, 3.63) is 41.5 Å². The predicted molar refractivity (Wildman–Crippen MR) is 75.8 cm³/mol. The van der Waals surface area contributed by atoms with Gasteiger partial charge in [-0.3, -0.25) is 9.78 Å². The van der Waals surface area contributed by atoms with Gasteiger partial charge < -0.3 is 9.15 Å². The molecule has 0 atom stereocenters. The zero-order chi connectivity index (χ0) is 15.5. The van der Waals surface area contributed by atoms with E-state index in [1.807, 2.05) is 19.9 Å². The van der Waals surface area contributed by atoms with E-state index in [0.717, 1.165) is 5.76 Å². The van der Waals surface area contributed by atoms with Gasteiger partial charge >= 0.3 is 5.97 Å². The van der Waals surface area contributed by atoms with Crippen molar-refractivity contribution < 1.29 is 13.9 Å². The number of carbonyl (C=O) groups excluding carboxylic acids is 1. The average Bonchev–Trinajstić information content (AvgIpc) is 3.24. The number of rotatable bonds is 5. The van der Waals surface area contributed by atoms with E-state index in [1.54, 1.807) is 23.0 Å². The van der Waals surface area contributed by atoms with E-state index in [-0.39, 0.29) is 12.3 Å². The summed E-state index contributed by atoms with van der Waals surface area (Å²) in [4.78, 5) is 12.0. The first-order chi connectivity index (χ1) is 10.7. The molecule has 22 heavy (non-hydrogen) atoms. The van der Waals surface area contributed by atoms with Crippen molar-refractivity contribution in [2.45, 2.75) is 27.0 Å². The summed E-state index contributed by atoms with van der Waals surface area (Å²) < 4.78 is 12.3. The van der Waals surface area contributed by atoms with Crippen LogP contribution in [0.5, 0.6) is 0 Å². The number of carbonyl (C=O) groups is 1. The van der Waals surface area contributed by atoms with Crippen LogP contribution >= 0.6 is 0 Å². The molecule has 0 radical (unpaired) electrons. The highest BCUT2D eigenvalue weighted by atomic mass is 16.5. The SMILES string of the molecule is CCn1cc(COC(=O)c2cc(-c3ccc(C)o3)n[nH]2)nn1. The monoisotopic (exact) mass is 301 g/mol. The van der Waals surface area contributed by atoms with E-state index in [0.29, 0.717) is 23.7 Å². The highest BCUT2D eigenvalue weighted by molar-refractivity contribution is 5.88. The minimum Gasteiger partial charge on any atom is -0.460 e. The van der Waals surface area contributed by atoms with Crippen LogP contribution in [0.25, 0.3) is 11.5 Å². The molecule has 3 aromatic heterocycles. The van der Waals surface area contributed by atoms with Crippen molar-refractivity contribution in [1.29, 1.82) is 0 Å². The van der Waals surface area contributed by atoms with E-state index in [4.69, 9.17) is 9.15 Å². The molecule has 0 aliphatic rings. The van der Waals surface area contributed by atoms with Crippen LogP contribution in [0.1, 0.15) is 28.9 Å². The first-order valence-electron chi connectivity index (χ1n) is 6.84. The lowest BCUT2D eigenvalue weighted by molar-refractivity contribution is 0.0460. The fourth-order valence-corrected chi connectivity index (χ4v) is 1.90. The maximum atomic E-state index is 12.0. The molecule has 114 valence electrons. The Morgan fingerprint density at radius 1 is 1.45 bits per heavy atom. The molecule has 3 heterocycles. The minimum atomic E-state index is -0.506. The number of aromatic amines is 1. The zero-order valence-corrected chi connectivity index (χ0v) is 12.2. The number of ether oxygens (including phenoxy) is 1. The minimum absolute atomic E-state index is 0.0625. The number of furan rings is 1. The predicted octanol–water partition coefficient (Wildman–Crippen LogP) is 1.95. The molecule has 0 aromatic carbocycles. The van der Waals surface area contributed by atoms with Gasteiger partial charge in [0, 0.05) is 12.6 Å². The van der Waals surface area contributed by atoms with Gasteiger partial charge in [-0.2, -0.15) is 5.10 Å². The molecule has 0 unspecified atom stereocenters. The second-order valence-electron chi connectivity index (χ2n) is 4.72. The topological polar surface area (TPSA) is 98.8 Å². The Bertz CT molecular complexity index is 786. The van der Waals surface area contributed by atoms with Crippen LogP contribution in [0.4, 0.5) is 0 Å². The maximum Gasteiger partial charge on any atom is 0.356 e. The number of hydrogen-bond acceptors (Lipinski definition) is 6. The highest BCUT2D eigenvalue weighted by Crippen LogP contribution is 2.20. The first kappa shape index (κ1) is 14.1. The fraction of sp³-hybridized carbons (Fsp3) is 0.286. The summed E-state index contributed by atoms with van der Waals surface area (Å²) in [5.41, 5.74) is 1.40. The quantitative estimate of drug-likeness (QED) is 0.723. The second kappa shape index (κ2) is 5.84. The summed E-state index contributed by atoms with van der Waals surface area (Å²) in [7, 11) is 0. The molecule has 0 bridgehead atoms. The molecule has 8 nitrogen and oxygen atoms in total.